The van der Waals surface area contributed by atoms with Crippen molar-refractivity contribution in [1.82, 2.24) is 4.98 Å². The molecule has 1 aromatic heterocycles. The van der Waals surface area contributed by atoms with Gasteiger partial charge in [-0.05, 0) is 18.1 Å². The van der Waals surface area contributed by atoms with E-state index < -0.39 is 24.9 Å². The van der Waals surface area contributed by atoms with Gasteiger partial charge in [0.15, 0.2) is 0 Å². The van der Waals surface area contributed by atoms with E-state index in [-0.39, 0.29) is 12.0 Å². The summed E-state index contributed by atoms with van der Waals surface area (Å²) in [6.07, 6.45) is -4.20. The number of nitrogens with zero attached hydrogens (tertiary/aromatic N) is 1. The number of halogens is 3. The Morgan fingerprint density at radius 1 is 1.53 bits per heavy atom. The Labute approximate surface area is 95.0 Å². The van der Waals surface area contributed by atoms with Gasteiger partial charge in [-0.25, -0.2) is 0 Å². The molecule has 0 amide bonds. The molecule has 0 aliphatic carbocycles. The van der Waals surface area contributed by atoms with Crippen molar-refractivity contribution in [1.29, 1.82) is 0 Å². The molecule has 0 fully saturated rings. The number of carboxylic acids is 1. The summed E-state index contributed by atoms with van der Waals surface area (Å²) < 4.78 is 40.2. The number of pyridine rings is 1. The summed E-state index contributed by atoms with van der Waals surface area (Å²) in [6.45, 7) is 0. The summed E-state index contributed by atoms with van der Waals surface area (Å²) in [5, 5.41) is 8.46. The zero-order valence-corrected chi connectivity index (χ0v) is 8.65. The summed E-state index contributed by atoms with van der Waals surface area (Å²) in [6, 6.07) is 2.87. The molecule has 0 aliphatic heterocycles. The van der Waals surface area contributed by atoms with E-state index >= 15 is 0 Å². The number of carbonyl (C=O) groups is 1. The number of alkyl halides is 3. The van der Waals surface area contributed by atoms with Crippen LogP contribution in [0.25, 0.3) is 0 Å². The van der Waals surface area contributed by atoms with E-state index in [9.17, 15) is 18.0 Å². The van der Waals surface area contributed by atoms with Gasteiger partial charge >= 0.3 is 12.3 Å². The Balaban J connectivity index is 2.75. The van der Waals surface area contributed by atoms with Crippen molar-refractivity contribution in [2.24, 2.45) is 0 Å². The van der Waals surface area contributed by atoms with Crippen molar-refractivity contribution in [3.8, 4) is 0 Å². The van der Waals surface area contributed by atoms with Gasteiger partial charge < -0.3 is 5.11 Å². The van der Waals surface area contributed by atoms with Crippen LogP contribution in [0.2, 0.25) is 0 Å². The van der Waals surface area contributed by atoms with Gasteiger partial charge in [-0.2, -0.15) is 0 Å². The highest BCUT2D eigenvalue weighted by atomic mass is 19.4. The summed E-state index contributed by atoms with van der Waals surface area (Å²) in [4.78, 5) is 14.0. The smallest absolute Gasteiger partial charge is 0.481 e. The number of hydrogen-bond acceptors (Lipinski definition) is 3. The van der Waals surface area contributed by atoms with Crippen LogP contribution in [-0.2, 0) is 9.53 Å². The molecule has 1 heterocycles. The second kappa shape index (κ2) is 5.62. The zero-order valence-electron chi connectivity index (χ0n) is 8.65. The van der Waals surface area contributed by atoms with Gasteiger partial charge in [-0.1, -0.05) is 6.07 Å². The van der Waals surface area contributed by atoms with Crippen molar-refractivity contribution >= 4 is 5.97 Å². The fourth-order valence-corrected chi connectivity index (χ4v) is 1.28. The fourth-order valence-electron chi connectivity index (χ4n) is 1.28. The van der Waals surface area contributed by atoms with Gasteiger partial charge in [0.05, 0.1) is 6.10 Å². The van der Waals surface area contributed by atoms with Crippen molar-refractivity contribution in [2.45, 2.75) is 25.3 Å². The summed E-state index contributed by atoms with van der Waals surface area (Å²) >= 11 is 0. The van der Waals surface area contributed by atoms with Crippen molar-refractivity contribution in [3.05, 3.63) is 30.1 Å². The summed E-state index contributed by atoms with van der Waals surface area (Å²) in [7, 11) is 0. The van der Waals surface area contributed by atoms with E-state index in [4.69, 9.17) is 5.11 Å². The lowest BCUT2D eigenvalue weighted by atomic mass is 10.1. The zero-order chi connectivity index (χ0) is 12.9. The first kappa shape index (κ1) is 13.4. The second-order valence-corrected chi connectivity index (χ2v) is 3.27. The van der Waals surface area contributed by atoms with E-state index in [0.29, 0.717) is 0 Å². The third-order valence-electron chi connectivity index (χ3n) is 1.95. The molecule has 0 radical (unpaired) electrons. The minimum absolute atomic E-state index is 0.200. The fraction of sp³-hybridized carbons (Fsp3) is 0.400. The number of hydrogen-bond donors (Lipinski definition) is 1. The Morgan fingerprint density at radius 3 is 2.71 bits per heavy atom. The Hall–Kier alpha value is -1.63. The normalized spacial score (nSPS) is 13.4. The lowest BCUT2D eigenvalue weighted by molar-refractivity contribution is -0.345. The molecule has 0 spiro atoms. The largest absolute Gasteiger partial charge is 0.523 e. The molecule has 0 bridgehead atoms. The molecule has 1 N–H and O–H groups in total. The van der Waals surface area contributed by atoms with Crippen LogP contribution in [0.3, 0.4) is 0 Å². The Kier molecular flexibility index (Phi) is 4.45. The standard InChI is InChI=1S/C10H10F3NO3/c11-10(12,13)17-8(3-4-9(15)16)7-2-1-5-14-6-7/h1-2,5-6,8H,3-4H2,(H,15,16). The SMILES string of the molecule is O=C(O)CCC(OC(F)(F)F)c1cccnc1. The van der Waals surface area contributed by atoms with Crippen LogP contribution >= 0.6 is 0 Å². The van der Waals surface area contributed by atoms with Gasteiger partial charge in [0, 0.05) is 18.8 Å². The first-order valence-electron chi connectivity index (χ1n) is 4.75. The molecule has 1 rings (SSSR count). The van der Waals surface area contributed by atoms with Gasteiger partial charge in [0.1, 0.15) is 0 Å². The van der Waals surface area contributed by atoms with Crippen LogP contribution in [0.5, 0.6) is 0 Å². The van der Waals surface area contributed by atoms with Crippen LogP contribution in [0.15, 0.2) is 24.5 Å². The van der Waals surface area contributed by atoms with Crippen LogP contribution in [0, 0.1) is 0 Å². The number of aliphatic carboxylic acids is 1. The topological polar surface area (TPSA) is 59.4 Å². The highest BCUT2D eigenvalue weighted by molar-refractivity contribution is 5.66. The molecule has 0 aliphatic rings. The Bertz CT molecular complexity index is 367. The first-order chi connectivity index (χ1) is 7.88. The quantitative estimate of drug-likeness (QED) is 0.871. The van der Waals surface area contributed by atoms with Crippen molar-refractivity contribution < 1.29 is 27.8 Å². The monoisotopic (exact) mass is 249 g/mol. The highest BCUT2D eigenvalue weighted by Gasteiger charge is 2.34. The number of rotatable bonds is 5. The van der Waals surface area contributed by atoms with Gasteiger partial charge in [-0.3, -0.25) is 14.5 Å². The van der Waals surface area contributed by atoms with Crippen LogP contribution in [0.1, 0.15) is 24.5 Å². The number of carboxylic acid groups (broad SMARTS) is 1. The maximum Gasteiger partial charge on any atom is 0.523 e. The molecule has 0 saturated heterocycles. The van der Waals surface area contributed by atoms with E-state index in [0.717, 1.165) is 0 Å². The average Bonchev–Trinajstić information content (AvgIpc) is 2.24. The third-order valence-corrected chi connectivity index (χ3v) is 1.95. The molecule has 1 unspecified atom stereocenters. The predicted molar refractivity (Wildman–Crippen MR) is 51.0 cm³/mol. The number of ether oxygens (including phenoxy) is 1. The maximum atomic E-state index is 12.1. The summed E-state index contributed by atoms with van der Waals surface area (Å²) in [5.41, 5.74) is 0.200. The molecule has 0 aromatic carbocycles. The highest BCUT2D eigenvalue weighted by Crippen LogP contribution is 2.30. The molecule has 4 nitrogen and oxygen atoms in total. The van der Waals surface area contributed by atoms with Gasteiger partial charge in [0.2, 0.25) is 0 Å². The Morgan fingerprint density at radius 2 is 2.24 bits per heavy atom. The van der Waals surface area contributed by atoms with Gasteiger partial charge in [-0.15, -0.1) is 13.2 Å². The van der Waals surface area contributed by atoms with Crippen LogP contribution < -0.4 is 0 Å². The van der Waals surface area contributed by atoms with Crippen molar-refractivity contribution in [2.75, 3.05) is 0 Å². The molecule has 94 valence electrons. The first-order valence-corrected chi connectivity index (χ1v) is 4.75. The van der Waals surface area contributed by atoms with Gasteiger partial charge in [0.25, 0.3) is 0 Å². The molecular formula is C10H10F3NO3. The van der Waals surface area contributed by atoms with E-state index in [1.165, 1.54) is 24.5 Å². The number of aromatic nitrogens is 1. The third kappa shape index (κ3) is 5.30. The lowest BCUT2D eigenvalue weighted by Gasteiger charge is -2.18. The molecular weight excluding hydrogens is 239 g/mol. The molecule has 7 heteroatoms. The average molecular weight is 249 g/mol. The predicted octanol–water partition coefficient (Wildman–Crippen LogP) is 2.52. The molecule has 1 aromatic rings. The second-order valence-electron chi connectivity index (χ2n) is 3.27. The summed E-state index contributed by atoms with van der Waals surface area (Å²) in [5.74, 6) is -1.18. The van der Waals surface area contributed by atoms with E-state index in [2.05, 4.69) is 9.72 Å². The lowest BCUT2D eigenvalue weighted by Crippen LogP contribution is -2.19. The molecule has 0 saturated carbocycles. The van der Waals surface area contributed by atoms with Crippen molar-refractivity contribution in [3.63, 3.8) is 0 Å². The molecule has 17 heavy (non-hydrogen) atoms. The van der Waals surface area contributed by atoms with E-state index in [1.54, 1.807) is 0 Å². The van der Waals surface area contributed by atoms with Crippen LogP contribution in [0.4, 0.5) is 13.2 Å². The maximum absolute atomic E-state index is 12.1. The molecule has 1 atom stereocenters. The van der Waals surface area contributed by atoms with E-state index in [1.807, 2.05) is 0 Å². The van der Waals surface area contributed by atoms with Crippen LogP contribution in [-0.4, -0.2) is 22.4 Å². The minimum atomic E-state index is -4.81. The minimum Gasteiger partial charge on any atom is -0.481 e.